The minimum absolute atomic E-state index is 0.162. The van der Waals surface area contributed by atoms with Crippen LogP contribution in [0, 0.1) is 13.8 Å². The monoisotopic (exact) mass is 282 g/mol. The number of aryl methyl sites for hydroxylation is 2. The van der Waals surface area contributed by atoms with Gasteiger partial charge in [0.1, 0.15) is 5.75 Å². The molecule has 2 unspecified atom stereocenters. The SMILES string of the molecule is Cc1ccc(C)c(CC(O)C2CCOc3ccccc32)c1. The van der Waals surface area contributed by atoms with E-state index < -0.39 is 0 Å². The molecule has 110 valence electrons. The van der Waals surface area contributed by atoms with E-state index >= 15 is 0 Å². The second-order valence-electron chi connectivity index (χ2n) is 5.98. The van der Waals surface area contributed by atoms with Crippen LogP contribution < -0.4 is 4.74 Å². The van der Waals surface area contributed by atoms with Gasteiger partial charge in [-0.15, -0.1) is 0 Å². The van der Waals surface area contributed by atoms with E-state index in [0.29, 0.717) is 13.0 Å². The van der Waals surface area contributed by atoms with Gasteiger partial charge in [0.05, 0.1) is 12.7 Å². The van der Waals surface area contributed by atoms with Crippen LogP contribution in [0.5, 0.6) is 5.75 Å². The number of hydrogen-bond acceptors (Lipinski definition) is 2. The van der Waals surface area contributed by atoms with E-state index in [1.54, 1.807) is 0 Å². The van der Waals surface area contributed by atoms with Gasteiger partial charge in [0.15, 0.2) is 0 Å². The molecule has 1 aliphatic rings. The van der Waals surface area contributed by atoms with Gasteiger partial charge in [0.2, 0.25) is 0 Å². The van der Waals surface area contributed by atoms with Gasteiger partial charge in [-0.1, -0.05) is 42.0 Å². The topological polar surface area (TPSA) is 29.5 Å². The maximum absolute atomic E-state index is 10.7. The molecular weight excluding hydrogens is 260 g/mol. The molecule has 0 fully saturated rings. The van der Waals surface area contributed by atoms with Gasteiger partial charge in [-0.2, -0.15) is 0 Å². The quantitative estimate of drug-likeness (QED) is 0.928. The number of fused-ring (bicyclic) bond motifs is 1. The molecule has 2 nitrogen and oxygen atoms in total. The first kappa shape index (κ1) is 14.2. The summed E-state index contributed by atoms with van der Waals surface area (Å²) in [5.74, 6) is 1.09. The third kappa shape index (κ3) is 2.96. The molecule has 2 aromatic carbocycles. The summed E-state index contributed by atoms with van der Waals surface area (Å²) >= 11 is 0. The van der Waals surface area contributed by atoms with Gasteiger partial charge in [0, 0.05) is 5.92 Å². The lowest BCUT2D eigenvalue weighted by Crippen LogP contribution is -2.27. The summed E-state index contributed by atoms with van der Waals surface area (Å²) < 4.78 is 5.69. The van der Waals surface area contributed by atoms with Crippen molar-refractivity contribution >= 4 is 0 Å². The smallest absolute Gasteiger partial charge is 0.122 e. The highest BCUT2D eigenvalue weighted by Gasteiger charge is 2.27. The Kier molecular flexibility index (Phi) is 3.98. The summed E-state index contributed by atoms with van der Waals surface area (Å²) in [5, 5.41) is 10.7. The lowest BCUT2D eigenvalue weighted by atomic mass is 9.84. The van der Waals surface area contributed by atoms with Crippen LogP contribution in [0.25, 0.3) is 0 Å². The molecule has 21 heavy (non-hydrogen) atoms. The van der Waals surface area contributed by atoms with Crippen LogP contribution >= 0.6 is 0 Å². The second kappa shape index (κ2) is 5.90. The van der Waals surface area contributed by atoms with Gasteiger partial charge in [-0.05, 0) is 49.4 Å². The fourth-order valence-corrected chi connectivity index (χ4v) is 3.16. The molecule has 0 aromatic heterocycles. The Morgan fingerprint density at radius 3 is 2.86 bits per heavy atom. The molecular formula is C19H22O2. The Morgan fingerprint density at radius 1 is 1.19 bits per heavy atom. The van der Waals surface area contributed by atoms with Crippen molar-refractivity contribution in [3.8, 4) is 5.75 Å². The highest BCUT2D eigenvalue weighted by molar-refractivity contribution is 5.39. The minimum Gasteiger partial charge on any atom is -0.493 e. The van der Waals surface area contributed by atoms with Crippen LogP contribution in [0.1, 0.15) is 34.6 Å². The maximum atomic E-state index is 10.7. The molecule has 2 atom stereocenters. The zero-order valence-electron chi connectivity index (χ0n) is 12.7. The number of benzene rings is 2. The van der Waals surface area contributed by atoms with Crippen molar-refractivity contribution < 1.29 is 9.84 Å². The summed E-state index contributed by atoms with van der Waals surface area (Å²) in [6, 6.07) is 14.5. The Balaban J connectivity index is 1.83. The van der Waals surface area contributed by atoms with Gasteiger partial charge in [-0.3, -0.25) is 0 Å². The lowest BCUT2D eigenvalue weighted by molar-refractivity contribution is 0.116. The molecule has 1 N–H and O–H groups in total. The molecule has 2 heteroatoms. The molecule has 0 bridgehead atoms. The van der Waals surface area contributed by atoms with Crippen LogP contribution in [-0.2, 0) is 6.42 Å². The van der Waals surface area contributed by atoms with Crippen molar-refractivity contribution in [1.82, 2.24) is 0 Å². The van der Waals surface area contributed by atoms with E-state index in [2.05, 4.69) is 38.1 Å². The van der Waals surface area contributed by atoms with Crippen molar-refractivity contribution in [2.45, 2.75) is 38.7 Å². The number of aliphatic hydroxyl groups excluding tert-OH is 1. The van der Waals surface area contributed by atoms with E-state index in [9.17, 15) is 5.11 Å². The highest BCUT2D eigenvalue weighted by Crippen LogP contribution is 2.36. The lowest BCUT2D eigenvalue weighted by Gasteiger charge is -2.30. The predicted molar refractivity (Wildman–Crippen MR) is 84.9 cm³/mol. The van der Waals surface area contributed by atoms with Gasteiger partial charge in [0.25, 0.3) is 0 Å². The first-order chi connectivity index (χ1) is 10.1. The summed E-state index contributed by atoms with van der Waals surface area (Å²) in [6.45, 7) is 4.89. The molecule has 0 saturated heterocycles. The van der Waals surface area contributed by atoms with Crippen LogP contribution in [0.4, 0.5) is 0 Å². The Bertz CT molecular complexity index is 633. The van der Waals surface area contributed by atoms with Crippen LogP contribution in [0.3, 0.4) is 0 Å². The van der Waals surface area contributed by atoms with E-state index in [1.165, 1.54) is 16.7 Å². The van der Waals surface area contributed by atoms with E-state index in [1.807, 2.05) is 18.2 Å². The Labute approximate surface area is 126 Å². The number of rotatable bonds is 3. The standard InChI is InChI=1S/C19H22O2/c1-13-7-8-14(2)15(11-13)12-18(20)16-9-10-21-19-6-4-3-5-17(16)19/h3-8,11,16,18,20H,9-10,12H2,1-2H3. The van der Waals surface area contributed by atoms with Crippen molar-refractivity contribution in [2.24, 2.45) is 0 Å². The Morgan fingerprint density at radius 2 is 2.00 bits per heavy atom. The molecule has 0 aliphatic carbocycles. The Hall–Kier alpha value is -1.80. The van der Waals surface area contributed by atoms with Crippen molar-refractivity contribution in [3.63, 3.8) is 0 Å². The van der Waals surface area contributed by atoms with Gasteiger partial charge < -0.3 is 9.84 Å². The largest absolute Gasteiger partial charge is 0.493 e. The second-order valence-corrected chi connectivity index (χ2v) is 5.98. The first-order valence-electron chi connectivity index (χ1n) is 7.61. The van der Waals surface area contributed by atoms with Gasteiger partial charge >= 0.3 is 0 Å². The fourth-order valence-electron chi connectivity index (χ4n) is 3.16. The van der Waals surface area contributed by atoms with E-state index in [4.69, 9.17) is 4.74 Å². The third-order valence-corrected chi connectivity index (χ3v) is 4.40. The van der Waals surface area contributed by atoms with Crippen LogP contribution in [0.15, 0.2) is 42.5 Å². The summed E-state index contributed by atoms with van der Waals surface area (Å²) in [5.41, 5.74) is 4.88. The molecule has 0 spiro atoms. The number of aliphatic hydroxyl groups is 1. The maximum Gasteiger partial charge on any atom is 0.122 e. The van der Waals surface area contributed by atoms with Gasteiger partial charge in [-0.25, -0.2) is 0 Å². The third-order valence-electron chi connectivity index (χ3n) is 4.40. The summed E-state index contributed by atoms with van der Waals surface area (Å²) in [6.07, 6.45) is 1.21. The molecule has 1 heterocycles. The van der Waals surface area contributed by atoms with Crippen molar-refractivity contribution in [1.29, 1.82) is 0 Å². The normalized spacial score (nSPS) is 18.7. The average Bonchev–Trinajstić information content (AvgIpc) is 2.50. The molecule has 3 rings (SSSR count). The number of hydrogen-bond donors (Lipinski definition) is 1. The average molecular weight is 282 g/mol. The number of para-hydroxylation sites is 1. The van der Waals surface area contributed by atoms with Crippen molar-refractivity contribution in [2.75, 3.05) is 6.61 Å². The minimum atomic E-state index is -0.365. The number of ether oxygens (including phenoxy) is 1. The van der Waals surface area contributed by atoms with Crippen LogP contribution in [0.2, 0.25) is 0 Å². The van der Waals surface area contributed by atoms with E-state index in [0.717, 1.165) is 17.7 Å². The first-order valence-corrected chi connectivity index (χ1v) is 7.61. The van der Waals surface area contributed by atoms with Crippen molar-refractivity contribution in [3.05, 3.63) is 64.7 Å². The molecule has 0 amide bonds. The molecule has 0 saturated carbocycles. The van der Waals surface area contributed by atoms with Crippen LogP contribution in [-0.4, -0.2) is 17.8 Å². The molecule has 2 aromatic rings. The zero-order valence-corrected chi connectivity index (χ0v) is 12.7. The highest BCUT2D eigenvalue weighted by atomic mass is 16.5. The predicted octanol–water partition coefficient (Wildman–Crippen LogP) is 3.77. The summed E-state index contributed by atoms with van der Waals surface area (Å²) in [7, 11) is 0. The van der Waals surface area contributed by atoms with E-state index in [-0.39, 0.29) is 12.0 Å². The zero-order chi connectivity index (χ0) is 14.8. The molecule has 0 radical (unpaired) electrons. The fraction of sp³-hybridized carbons (Fsp3) is 0.368. The summed E-state index contributed by atoms with van der Waals surface area (Å²) in [4.78, 5) is 0. The molecule has 1 aliphatic heterocycles.